The molecule has 2 N–H and O–H groups in total. The molecular formula is C25H24N4O3S2. The van der Waals surface area contributed by atoms with Gasteiger partial charge < -0.3 is 10.3 Å². The lowest BCUT2D eigenvalue weighted by molar-refractivity contribution is -0.113. The molecule has 7 nitrogen and oxygen atoms in total. The number of rotatable bonds is 8. The first-order valence-electron chi connectivity index (χ1n) is 10.5. The van der Waals surface area contributed by atoms with Crippen molar-refractivity contribution in [2.75, 3.05) is 25.2 Å². The number of nitrogens with zero attached hydrogens (tertiary/aromatic N) is 2. The van der Waals surface area contributed by atoms with Gasteiger partial charge in [-0.05, 0) is 18.2 Å². The number of benzene rings is 3. The van der Waals surface area contributed by atoms with Gasteiger partial charge in [0.05, 0.1) is 22.0 Å². The quantitative estimate of drug-likeness (QED) is 0.347. The molecule has 0 unspecified atom stereocenters. The number of hydrogen-bond donors (Lipinski definition) is 2. The number of hydrogen-bond acceptors (Lipinski definition) is 5. The fourth-order valence-corrected chi connectivity index (χ4v) is 4.93. The highest BCUT2D eigenvalue weighted by atomic mass is 32.2. The van der Waals surface area contributed by atoms with Crippen LogP contribution in [0.5, 0.6) is 0 Å². The normalized spacial score (nSPS) is 11.5. The van der Waals surface area contributed by atoms with Crippen LogP contribution < -0.4 is 5.32 Å². The second-order valence-electron chi connectivity index (χ2n) is 7.65. The van der Waals surface area contributed by atoms with E-state index in [1.807, 2.05) is 60.7 Å². The first kappa shape index (κ1) is 23.7. The summed E-state index contributed by atoms with van der Waals surface area (Å²) in [5.41, 5.74) is 4.10. The standard InChI is InChI=1S/C25H24N4O3S2/c1-29(2)34(31,32)21-15-9-14-20(16-21)26-22(30)17-33-25-27-23(18-10-5-3-6-11-18)24(28-25)19-12-7-4-8-13-19/h3-16H,17H2,1-2H3,(H,26,30)(H,27,28). The molecule has 4 aromatic rings. The molecule has 3 aromatic carbocycles. The third-order valence-corrected chi connectivity index (χ3v) is 7.71. The van der Waals surface area contributed by atoms with Crippen LogP contribution in [0.1, 0.15) is 0 Å². The van der Waals surface area contributed by atoms with Gasteiger partial charge in [0, 0.05) is 30.9 Å². The van der Waals surface area contributed by atoms with Gasteiger partial charge in [0.2, 0.25) is 15.9 Å². The zero-order valence-corrected chi connectivity index (χ0v) is 20.4. The molecule has 0 fully saturated rings. The Kier molecular flexibility index (Phi) is 7.16. The summed E-state index contributed by atoms with van der Waals surface area (Å²) in [4.78, 5) is 20.8. The van der Waals surface area contributed by atoms with E-state index in [2.05, 4.69) is 10.3 Å². The van der Waals surface area contributed by atoms with E-state index < -0.39 is 10.0 Å². The fraction of sp³-hybridized carbons (Fsp3) is 0.120. The van der Waals surface area contributed by atoms with E-state index in [1.54, 1.807) is 12.1 Å². The predicted octanol–water partition coefficient (Wildman–Crippen LogP) is 4.72. The SMILES string of the molecule is CN(C)S(=O)(=O)c1cccc(NC(=O)CSc2nc(-c3ccccc3)c(-c3ccccc3)[nH]2)c1. The van der Waals surface area contributed by atoms with Crippen molar-refractivity contribution < 1.29 is 13.2 Å². The van der Waals surface area contributed by atoms with Crippen LogP contribution in [0.4, 0.5) is 5.69 Å². The molecular weight excluding hydrogens is 468 g/mol. The third kappa shape index (κ3) is 5.39. The van der Waals surface area contributed by atoms with Crippen molar-refractivity contribution in [2.24, 2.45) is 0 Å². The Morgan fingerprint density at radius 3 is 2.24 bits per heavy atom. The molecule has 0 spiro atoms. The Hall–Kier alpha value is -3.40. The molecule has 0 aliphatic carbocycles. The number of amides is 1. The van der Waals surface area contributed by atoms with Gasteiger partial charge in [-0.2, -0.15) is 0 Å². The van der Waals surface area contributed by atoms with Crippen LogP contribution in [-0.4, -0.2) is 48.4 Å². The van der Waals surface area contributed by atoms with Crippen LogP contribution in [0, 0.1) is 0 Å². The minimum atomic E-state index is -3.58. The van der Waals surface area contributed by atoms with Gasteiger partial charge in [-0.25, -0.2) is 17.7 Å². The summed E-state index contributed by atoms with van der Waals surface area (Å²) in [7, 11) is -0.651. The minimum Gasteiger partial charge on any atom is -0.332 e. The molecule has 0 bridgehead atoms. The van der Waals surface area contributed by atoms with E-state index >= 15 is 0 Å². The van der Waals surface area contributed by atoms with Gasteiger partial charge in [0.1, 0.15) is 0 Å². The maximum atomic E-state index is 12.6. The number of nitrogens with one attached hydrogen (secondary N) is 2. The van der Waals surface area contributed by atoms with Crippen molar-refractivity contribution in [3.05, 3.63) is 84.9 Å². The number of aromatic amines is 1. The zero-order valence-electron chi connectivity index (χ0n) is 18.7. The summed E-state index contributed by atoms with van der Waals surface area (Å²) in [6.07, 6.45) is 0. The van der Waals surface area contributed by atoms with Crippen LogP contribution in [0.2, 0.25) is 0 Å². The molecule has 0 aliphatic rings. The Morgan fingerprint density at radius 2 is 1.59 bits per heavy atom. The van der Waals surface area contributed by atoms with E-state index in [4.69, 9.17) is 4.98 Å². The van der Waals surface area contributed by atoms with Crippen molar-refractivity contribution in [2.45, 2.75) is 10.1 Å². The second-order valence-corrected chi connectivity index (χ2v) is 10.8. The minimum absolute atomic E-state index is 0.112. The summed E-state index contributed by atoms with van der Waals surface area (Å²) >= 11 is 1.28. The Morgan fingerprint density at radius 1 is 0.941 bits per heavy atom. The van der Waals surface area contributed by atoms with Gasteiger partial charge in [-0.1, -0.05) is 78.5 Å². The van der Waals surface area contributed by atoms with Crippen molar-refractivity contribution in [1.82, 2.24) is 14.3 Å². The van der Waals surface area contributed by atoms with Crippen molar-refractivity contribution in [3.8, 4) is 22.5 Å². The molecule has 1 amide bonds. The number of thioether (sulfide) groups is 1. The van der Waals surface area contributed by atoms with Crippen LogP contribution >= 0.6 is 11.8 Å². The van der Waals surface area contributed by atoms with Gasteiger partial charge in [0.25, 0.3) is 0 Å². The number of aromatic nitrogens is 2. The van der Waals surface area contributed by atoms with Crippen molar-refractivity contribution in [1.29, 1.82) is 0 Å². The molecule has 0 atom stereocenters. The highest BCUT2D eigenvalue weighted by Gasteiger charge is 2.18. The van der Waals surface area contributed by atoms with Gasteiger partial charge >= 0.3 is 0 Å². The summed E-state index contributed by atoms with van der Waals surface area (Å²) in [5, 5.41) is 3.39. The smallest absolute Gasteiger partial charge is 0.242 e. The van der Waals surface area contributed by atoms with E-state index in [1.165, 1.54) is 38.0 Å². The maximum absolute atomic E-state index is 12.6. The molecule has 0 saturated heterocycles. The van der Waals surface area contributed by atoms with Crippen LogP contribution in [0.15, 0.2) is 95.0 Å². The van der Waals surface area contributed by atoms with Gasteiger partial charge in [-0.15, -0.1) is 0 Å². The average Bonchev–Trinajstić information content (AvgIpc) is 3.28. The number of imidazole rings is 1. The number of sulfonamides is 1. The van der Waals surface area contributed by atoms with Crippen LogP contribution in [-0.2, 0) is 14.8 Å². The summed E-state index contributed by atoms with van der Waals surface area (Å²) < 4.78 is 25.8. The topological polar surface area (TPSA) is 95.2 Å². The van der Waals surface area contributed by atoms with E-state index in [9.17, 15) is 13.2 Å². The van der Waals surface area contributed by atoms with Gasteiger partial charge in [0.15, 0.2) is 5.16 Å². The molecule has 1 aromatic heterocycles. The molecule has 9 heteroatoms. The highest BCUT2D eigenvalue weighted by Crippen LogP contribution is 2.32. The third-order valence-electron chi connectivity index (χ3n) is 5.03. The Labute approximate surface area is 203 Å². The van der Waals surface area contributed by atoms with E-state index in [0.29, 0.717) is 10.8 Å². The Bertz CT molecular complexity index is 1330. The van der Waals surface area contributed by atoms with Crippen molar-refractivity contribution >= 4 is 33.4 Å². The molecule has 4 rings (SSSR count). The lowest BCUT2D eigenvalue weighted by Crippen LogP contribution is -2.22. The number of carbonyl (C=O) groups is 1. The molecule has 174 valence electrons. The largest absolute Gasteiger partial charge is 0.332 e. The van der Waals surface area contributed by atoms with Gasteiger partial charge in [-0.3, -0.25) is 4.79 Å². The first-order chi connectivity index (χ1) is 16.3. The molecule has 0 aliphatic heterocycles. The lowest BCUT2D eigenvalue weighted by atomic mass is 10.1. The molecule has 0 saturated carbocycles. The predicted molar refractivity (Wildman–Crippen MR) is 136 cm³/mol. The summed E-state index contributed by atoms with van der Waals surface area (Å²) in [6, 6.07) is 26.0. The van der Waals surface area contributed by atoms with Crippen LogP contribution in [0.3, 0.4) is 0 Å². The van der Waals surface area contributed by atoms with E-state index in [-0.39, 0.29) is 16.6 Å². The maximum Gasteiger partial charge on any atom is 0.242 e. The molecule has 0 radical (unpaired) electrons. The highest BCUT2D eigenvalue weighted by molar-refractivity contribution is 7.99. The fourth-order valence-electron chi connectivity index (χ4n) is 3.31. The zero-order chi connectivity index (χ0) is 24.1. The molecule has 1 heterocycles. The monoisotopic (exact) mass is 492 g/mol. The second kappa shape index (κ2) is 10.3. The van der Waals surface area contributed by atoms with E-state index in [0.717, 1.165) is 26.8 Å². The average molecular weight is 493 g/mol. The number of H-pyrrole nitrogens is 1. The van der Waals surface area contributed by atoms with Crippen molar-refractivity contribution in [3.63, 3.8) is 0 Å². The van der Waals surface area contributed by atoms with Crippen LogP contribution in [0.25, 0.3) is 22.5 Å². The first-order valence-corrected chi connectivity index (χ1v) is 12.9. The lowest BCUT2D eigenvalue weighted by Gasteiger charge is -2.12. The summed E-state index contributed by atoms with van der Waals surface area (Å²) in [6.45, 7) is 0. The number of carbonyl (C=O) groups excluding carboxylic acids is 1. The number of anilines is 1. The summed E-state index contributed by atoms with van der Waals surface area (Å²) in [5.74, 6) is -0.149. The Balaban J connectivity index is 1.50. The molecule has 34 heavy (non-hydrogen) atoms.